The number of nitro groups is 1. The molecule has 0 atom stereocenters. The zero-order chi connectivity index (χ0) is 17.5. The van der Waals surface area contributed by atoms with E-state index in [2.05, 4.69) is 11.9 Å². The third kappa shape index (κ3) is 5.01. The fourth-order valence-electron chi connectivity index (χ4n) is 3.08. The summed E-state index contributed by atoms with van der Waals surface area (Å²) in [4.78, 5) is 26.7. The lowest BCUT2D eigenvalue weighted by Crippen LogP contribution is -2.46. The van der Waals surface area contributed by atoms with Crippen molar-refractivity contribution in [2.24, 2.45) is 0 Å². The lowest BCUT2D eigenvalue weighted by molar-refractivity contribution is -0.384. The van der Waals surface area contributed by atoms with Crippen LogP contribution in [0.4, 0.5) is 5.69 Å². The number of piperidine rings is 1. The SMILES string of the molecule is CN(CCCO)C1CCN(C(=O)Cc2ccc([N+](=O)[O-])cc2)CC1. The number of aliphatic hydroxyl groups excluding tert-OH is 1. The topological polar surface area (TPSA) is 86.9 Å². The lowest BCUT2D eigenvalue weighted by Gasteiger charge is -2.36. The van der Waals surface area contributed by atoms with Crippen molar-refractivity contribution >= 4 is 11.6 Å². The van der Waals surface area contributed by atoms with E-state index in [4.69, 9.17) is 5.11 Å². The summed E-state index contributed by atoms with van der Waals surface area (Å²) >= 11 is 0. The molecule has 2 rings (SSSR count). The van der Waals surface area contributed by atoms with Crippen LogP contribution in [0.2, 0.25) is 0 Å². The van der Waals surface area contributed by atoms with Gasteiger partial charge in [-0.1, -0.05) is 12.1 Å². The minimum atomic E-state index is -0.441. The summed E-state index contributed by atoms with van der Waals surface area (Å²) < 4.78 is 0. The van der Waals surface area contributed by atoms with E-state index in [-0.39, 0.29) is 24.6 Å². The molecule has 1 aromatic rings. The van der Waals surface area contributed by atoms with Crippen LogP contribution in [0.1, 0.15) is 24.8 Å². The Balaban J connectivity index is 1.81. The van der Waals surface area contributed by atoms with Gasteiger partial charge in [-0.05, 0) is 31.9 Å². The molecule has 24 heavy (non-hydrogen) atoms. The fraction of sp³-hybridized carbons (Fsp3) is 0.588. The molecule has 1 N–H and O–H groups in total. The van der Waals surface area contributed by atoms with Gasteiger partial charge in [-0.2, -0.15) is 0 Å². The predicted molar refractivity (Wildman–Crippen MR) is 90.7 cm³/mol. The first-order valence-corrected chi connectivity index (χ1v) is 8.33. The lowest BCUT2D eigenvalue weighted by atomic mass is 10.0. The highest BCUT2D eigenvalue weighted by Gasteiger charge is 2.25. The normalized spacial score (nSPS) is 15.7. The second-order valence-electron chi connectivity index (χ2n) is 6.27. The van der Waals surface area contributed by atoms with Crippen molar-refractivity contribution in [3.63, 3.8) is 0 Å². The van der Waals surface area contributed by atoms with Gasteiger partial charge in [0.25, 0.3) is 5.69 Å². The number of amides is 1. The Morgan fingerprint density at radius 3 is 2.50 bits per heavy atom. The van der Waals surface area contributed by atoms with Gasteiger partial charge in [0, 0.05) is 44.4 Å². The van der Waals surface area contributed by atoms with E-state index in [1.807, 2.05) is 4.90 Å². The van der Waals surface area contributed by atoms with E-state index in [9.17, 15) is 14.9 Å². The maximum atomic E-state index is 12.4. The maximum absolute atomic E-state index is 12.4. The van der Waals surface area contributed by atoms with Crippen LogP contribution < -0.4 is 0 Å². The number of non-ortho nitro benzene ring substituents is 1. The molecule has 0 saturated carbocycles. The molecular weight excluding hydrogens is 310 g/mol. The standard InChI is InChI=1S/C17H25N3O4/c1-18(9-2-12-21)15-7-10-19(11-8-15)17(22)13-14-3-5-16(6-4-14)20(23)24/h3-6,15,21H,2,7-13H2,1H3. The van der Waals surface area contributed by atoms with E-state index in [1.165, 1.54) is 12.1 Å². The number of nitrogens with zero attached hydrogens (tertiary/aromatic N) is 3. The fourth-order valence-corrected chi connectivity index (χ4v) is 3.08. The van der Waals surface area contributed by atoms with Crippen LogP contribution in [-0.2, 0) is 11.2 Å². The van der Waals surface area contributed by atoms with Crippen molar-refractivity contribution in [1.29, 1.82) is 0 Å². The molecule has 1 saturated heterocycles. The first kappa shape index (κ1) is 18.4. The summed E-state index contributed by atoms with van der Waals surface area (Å²) in [6, 6.07) is 6.62. The minimum Gasteiger partial charge on any atom is -0.396 e. The highest BCUT2D eigenvalue weighted by atomic mass is 16.6. The zero-order valence-electron chi connectivity index (χ0n) is 14.1. The summed E-state index contributed by atoms with van der Waals surface area (Å²) in [5, 5.41) is 19.5. The number of hydrogen-bond donors (Lipinski definition) is 1. The number of carbonyl (C=O) groups is 1. The highest BCUT2D eigenvalue weighted by Crippen LogP contribution is 2.18. The van der Waals surface area contributed by atoms with Gasteiger partial charge < -0.3 is 14.9 Å². The van der Waals surface area contributed by atoms with Gasteiger partial charge in [0.1, 0.15) is 0 Å². The first-order chi connectivity index (χ1) is 11.5. The Labute approximate surface area is 142 Å². The smallest absolute Gasteiger partial charge is 0.269 e. The second-order valence-corrected chi connectivity index (χ2v) is 6.27. The average Bonchev–Trinajstić information content (AvgIpc) is 2.60. The first-order valence-electron chi connectivity index (χ1n) is 8.33. The minimum absolute atomic E-state index is 0.0397. The number of hydrogen-bond acceptors (Lipinski definition) is 5. The molecule has 0 spiro atoms. The van der Waals surface area contributed by atoms with Crippen molar-refractivity contribution in [3.8, 4) is 0 Å². The van der Waals surface area contributed by atoms with Gasteiger partial charge in [-0.25, -0.2) is 0 Å². The number of nitro benzene ring substituents is 1. The number of rotatable bonds is 7. The van der Waals surface area contributed by atoms with Crippen molar-refractivity contribution < 1.29 is 14.8 Å². The quantitative estimate of drug-likeness (QED) is 0.602. The van der Waals surface area contributed by atoms with Gasteiger partial charge in [0.05, 0.1) is 11.3 Å². The van der Waals surface area contributed by atoms with E-state index < -0.39 is 4.92 Å². The van der Waals surface area contributed by atoms with Gasteiger partial charge in [0.2, 0.25) is 5.91 Å². The Morgan fingerprint density at radius 2 is 1.96 bits per heavy atom. The Bertz CT molecular complexity index is 553. The molecule has 0 aromatic heterocycles. The van der Waals surface area contributed by atoms with Gasteiger partial charge in [0.15, 0.2) is 0 Å². The van der Waals surface area contributed by atoms with Gasteiger partial charge in [-0.3, -0.25) is 14.9 Å². The third-order valence-corrected chi connectivity index (χ3v) is 4.61. The molecule has 0 radical (unpaired) electrons. The molecule has 1 aliphatic rings. The molecule has 132 valence electrons. The van der Waals surface area contributed by atoms with E-state index in [1.54, 1.807) is 12.1 Å². The molecule has 1 fully saturated rings. The maximum Gasteiger partial charge on any atom is 0.269 e. The molecule has 7 nitrogen and oxygen atoms in total. The monoisotopic (exact) mass is 335 g/mol. The number of aliphatic hydroxyl groups is 1. The van der Waals surface area contributed by atoms with Crippen LogP contribution in [0.25, 0.3) is 0 Å². The summed E-state index contributed by atoms with van der Waals surface area (Å²) in [5.74, 6) is 0.0697. The zero-order valence-corrected chi connectivity index (χ0v) is 14.1. The van der Waals surface area contributed by atoms with Crippen molar-refractivity contribution in [1.82, 2.24) is 9.80 Å². The largest absolute Gasteiger partial charge is 0.396 e. The Kier molecular flexibility index (Phi) is 6.69. The number of carbonyl (C=O) groups excluding carboxylic acids is 1. The molecule has 0 unspecified atom stereocenters. The predicted octanol–water partition coefficient (Wildman–Crippen LogP) is 1.44. The molecule has 7 heteroatoms. The van der Waals surface area contributed by atoms with Gasteiger partial charge in [-0.15, -0.1) is 0 Å². The number of likely N-dealkylation sites (tertiary alicyclic amines) is 1. The van der Waals surface area contributed by atoms with Crippen LogP contribution in [0.5, 0.6) is 0 Å². The van der Waals surface area contributed by atoms with Crippen molar-refractivity contribution in [2.75, 3.05) is 33.3 Å². The molecule has 1 aromatic carbocycles. The molecule has 1 amide bonds. The third-order valence-electron chi connectivity index (χ3n) is 4.61. The molecule has 1 heterocycles. The Hall–Kier alpha value is -1.99. The van der Waals surface area contributed by atoms with E-state index in [0.717, 1.165) is 44.5 Å². The van der Waals surface area contributed by atoms with E-state index >= 15 is 0 Å². The van der Waals surface area contributed by atoms with Crippen LogP contribution >= 0.6 is 0 Å². The summed E-state index contributed by atoms with van der Waals surface area (Å²) in [5.41, 5.74) is 0.839. The Morgan fingerprint density at radius 1 is 1.33 bits per heavy atom. The average molecular weight is 335 g/mol. The summed E-state index contributed by atoms with van der Waals surface area (Å²) in [6.45, 7) is 2.55. The van der Waals surface area contributed by atoms with Crippen LogP contribution in [0, 0.1) is 10.1 Å². The van der Waals surface area contributed by atoms with Crippen LogP contribution in [0.15, 0.2) is 24.3 Å². The van der Waals surface area contributed by atoms with Crippen molar-refractivity contribution in [2.45, 2.75) is 31.7 Å². The van der Waals surface area contributed by atoms with Crippen molar-refractivity contribution in [3.05, 3.63) is 39.9 Å². The molecule has 1 aliphatic heterocycles. The summed E-state index contributed by atoms with van der Waals surface area (Å²) in [6.07, 6.45) is 2.93. The van der Waals surface area contributed by atoms with Gasteiger partial charge >= 0.3 is 0 Å². The highest BCUT2D eigenvalue weighted by molar-refractivity contribution is 5.79. The molecular formula is C17H25N3O4. The van der Waals surface area contributed by atoms with E-state index in [0.29, 0.717) is 6.04 Å². The summed E-state index contributed by atoms with van der Waals surface area (Å²) in [7, 11) is 2.06. The number of benzene rings is 1. The molecule has 0 aliphatic carbocycles. The van der Waals surface area contributed by atoms with Crippen LogP contribution in [0.3, 0.4) is 0 Å². The van der Waals surface area contributed by atoms with Crippen LogP contribution in [-0.4, -0.2) is 65.1 Å². The second kappa shape index (κ2) is 8.75. The molecule has 0 bridgehead atoms.